The number of rotatable bonds is 5. The fourth-order valence-electron chi connectivity index (χ4n) is 2.67. The Labute approximate surface area is 117 Å². The van der Waals surface area contributed by atoms with Crippen molar-refractivity contribution in [1.29, 1.82) is 0 Å². The van der Waals surface area contributed by atoms with Gasteiger partial charge in [-0.25, -0.2) is 4.39 Å². The molecule has 20 heavy (non-hydrogen) atoms. The Bertz CT molecular complexity index is 493. The number of hydrogen-bond acceptors (Lipinski definition) is 4. The van der Waals surface area contributed by atoms with Crippen molar-refractivity contribution in [2.24, 2.45) is 16.8 Å². The molecule has 0 radical (unpaired) electrons. The van der Waals surface area contributed by atoms with Crippen LogP contribution in [-0.4, -0.2) is 28.8 Å². The number of nitrogens with one attached hydrogen (secondary N) is 1. The number of hydrogen-bond donors (Lipinski definition) is 4. The minimum atomic E-state index is -0.389. The highest BCUT2D eigenvalue weighted by Crippen LogP contribution is 2.25. The van der Waals surface area contributed by atoms with Gasteiger partial charge in [-0.1, -0.05) is 23.7 Å². The monoisotopic (exact) mass is 281 g/mol. The molecule has 5 N–H and O–H groups in total. The lowest BCUT2D eigenvalue weighted by atomic mass is 10.0. The van der Waals surface area contributed by atoms with Crippen LogP contribution >= 0.6 is 0 Å². The number of halogens is 1. The quantitative estimate of drug-likeness (QED) is 0.282. The van der Waals surface area contributed by atoms with Gasteiger partial charge in [0.1, 0.15) is 5.82 Å². The summed E-state index contributed by atoms with van der Waals surface area (Å²) in [7, 11) is 0. The lowest BCUT2D eigenvalue weighted by Gasteiger charge is -2.19. The van der Waals surface area contributed by atoms with E-state index in [0.717, 1.165) is 19.3 Å². The topological polar surface area (TPSA) is 90.9 Å². The van der Waals surface area contributed by atoms with E-state index in [0.29, 0.717) is 17.7 Å². The maximum Gasteiger partial charge on any atom is 0.170 e. The number of amidine groups is 1. The van der Waals surface area contributed by atoms with Crippen LogP contribution in [0.5, 0.6) is 0 Å². The zero-order valence-corrected chi connectivity index (χ0v) is 11.2. The molecule has 1 aromatic carbocycles. The van der Waals surface area contributed by atoms with Crippen molar-refractivity contribution >= 4 is 5.84 Å². The lowest BCUT2D eigenvalue weighted by Crippen LogP contribution is -2.33. The summed E-state index contributed by atoms with van der Waals surface area (Å²) < 4.78 is 13.9. The van der Waals surface area contributed by atoms with Crippen molar-refractivity contribution in [2.75, 3.05) is 6.61 Å². The number of nitrogens with zero attached hydrogens (tertiary/aromatic N) is 1. The van der Waals surface area contributed by atoms with Crippen LogP contribution in [-0.2, 0) is 6.54 Å². The number of nitrogens with two attached hydrogens (primary N) is 1. The molecule has 0 aromatic heterocycles. The molecule has 1 fully saturated rings. The van der Waals surface area contributed by atoms with Gasteiger partial charge in [0.25, 0.3) is 0 Å². The minimum absolute atomic E-state index is 0.112. The fraction of sp³-hybridized carbons (Fsp3) is 0.500. The summed E-state index contributed by atoms with van der Waals surface area (Å²) >= 11 is 0. The van der Waals surface area contributed by atoms with Gasteiger partial charge in [0.05, 0.1) is 0 Å². The van der Waals surface area contributed by atoms with Gasteiger partial charge >= 0.3 is 0 Å². The van der Waals surface area contributed by atoms with Gasteiger partial charge in [-0.3, -0.25) is 0 Å². The van der Waals surface area contributed by atoms with E-state index in [4.69, 9.17) is 10.9 Å². The summed E-state index contributed by atoms with van der Waals surface area (Å²) in [4.78, 5) is 0. The predicted molar refractivity (Wildman–Crippen MR) is 74.0 cm³/mol. The van der Waals surface area contributed by atoms with Crippen molar-refractivity contribution in [3.05, 3.63) is 35.1 Å². The summed E-state index contributed by atoms with van der Waals surface area (Å²) in [6.45, 7) is 0.575. The first-order valence-electron chi connectivity index (χ1n) is 6.76. The molecule has 1 aromatic rings. The summed E-state index contributed by atoms with van der Waals surface area (Å²) in [6, 6.07) is 4.74. The van der Waals surface area contributed by atoms with Crippen LogP contribution in [0.25, 0.3) is 0 Å². The molecule has 0 spiro atoms. The lowest BCUT2D eigenvalue weighted by molar-refractivity contribution is 0.205. The van der Waals surface area contributed by atoms with E-state index in [2.05, 4.69) is 10.5 Å². The Hall–Kier alpha value is -1.66. The highest BCUT2D eigenvalue weighted by atomic mass is 19.1. The van der Waals surface area contributed by atoms with Crippen molar-refractivity contribution < 1.29 is 14.7 Å². The molecule has 0 amide bonds. The molecule has 2 atom stereocenters. The molecule has 2 rings (SSSR count). The zero-order valence-electron chi connectivity index (χ0n) is 11.2. The van der Waals surface area contributed by atoms with E-state index >= 15 is 0 Å². The number of oxime groups is 1. The number of aliphatic hydroxyl groups is 1. The average Bonchev–Trinajstić information content (AvgIpc) is 2.92. The molecular formula is C14H20FN3O2. The molecule has 0 aliphatic heterocycles. The zero-order chi connectivity index (χ0) is 14.5. The molecular weight excluding hydrogens is 261 g/mol. The van der Waals surface area contributed by atoms with Crippen molar-refractivity contribution in [2.45, 2.75) is 31.8 Å². The summed E-state index contributed by atoms with van der Waals surface area (Å²) in [5.74, 6) is -0.241. The van der Waals surface area contributed by atoms with E-state index in [-0.39, 0.29) is 30.2 Å². The maximum absolute atomic E-state index is 13.9. The van der Waals surface area contributed by atoms with E-state index in [1.807, 2.05) is 0 Å². The third-order valence-corrected chi connectivity index (χ3v) is 3.90. The Morgan fingerprint density at radius 2 is 2.25 bits per heavy atom. The van der Waals surface area contributed by atoms with Crippen molar-refractivity contribution in [3.8, 4) is 0 Å². The summed E-state index contributed by atoms with van der Waals surface area (Å²) in [6.07, 6.45) is 3.11. The van der Waals surface area contributed by atoms with E-state index < -0.39 is 0 Å². The Morgan fingerprint density at radius 1 is 1.45 bits per heavy atom. The third kappa shape index (κ3) is 3.26. The molecule has 2 unspecified atom stereocenters. The van der Waals surface area contributed by atoms with E-state index in [1.165, 1.54) is 6.07 Å². The van der Waals surface area contributed by atoms with Crippen LogP contribution in [0.2, 0.25) is 0 Å². The molecule has 110 valence electrons. The first-order chi connectivity index (χ1) is 9.65. The Morgan fingerprint density at radius 3 is 2.90 bits per heavy atom. The minimum Gasteiger partial charge on any atom is -0.409 e. The summed E-state index contributed by atoms with van der Waals surface area (Å²) in [5, 5.41) is 23.9. The SMILES string of the molecule is N/C(=N/O)c1ccc(CNC2CCCC2CO)c(F)c1. The first kappa shape index (κ1) is 14.7. The fourth-order valence-corrected chi connectivity index (χ4v) is 2.67. The van der Waals surface area contributed by atoms with Crippen LogP contribution in [0.1, 0.15) is 30.4 Å². The second-order valence-electron chi connectivity index (χ2n) is 5.15. The highest BCUT2D eigenvalue weighted by Gasteiger charge is 2.26. The summed E-state index contributed by atoms with van der Waals surface area (Å²) in [5.41, 5.74) is 6.29. The van der Waals surface area contributed by atoms with Gasteiger partial charge < -0.3 is 21.4 Å². The van der Waals surface area contributed by atoms with Crippen LogP contribution in [0, 0.1) is 11.7 Å². The van der Waals surface area contributed by atoms with Gasteiger partial charge in [-0.05, 0) is 24.8 Å². The van der Waals surface area contributed by atoms with E-state index in [1.54, 1.807) is 12.1 Å². The second-order valence-corrected chi connectivity index (χ2v) is 5.15. The number of benzene rings is 1. The molecule has 0 saturated heterocycles. The Balaban J connectivity index is 2.00. The Kier molecular flexibility index (Phi) is 4.92. The smallest absolute Gasteiger partial charge is 0.170 e. The molecule has 1 aliphatic carbocycles. The molecule has 1 saturated carbocycles. The van der Waals surface area contributed by atoms with Gasteiger partial charge in [-0.2, -0.15) is 0 Å². The largest absolute Gasteiger partial charge is 0.409 e. The molecule has 1 aliphatic rings. The average molecular weight is 281 g/mol. The van der Waals surface area contributed by atoms with Gasteiger partial charge in [-0.15, -0.1) is 0 Å². The third-order valence-electron chi connectivity index (χ3n) is 3.90. The van der Waals surface area contributed by atoms with Gasteiger partial charge in [0.2, 0.25) is 0 Å². The van der Waals surface area contributed by atoms with E-state index in [9.17, 15) is 9.50 Å². The van der Waals surface area contributed by atoms with Crippen LogP contribution in [0.3, 0.4) is 0 Å². The van der Waals surface area contributed by atoms with Crippen LogP contribution in [0.15, 0.2) is 23.4 Å². The second kappa shape index (κ2) is 6.67. The first-order valence-corrected chi connectivity index (χ1v) is 6.76. The normalized spacial score (nSPS) is 23.2. The van der Waals surface area contributed by atoms with Crippen molar-refractivity contribution in [1.82, 2.24) is 5.32 Å². The molecule has 5 nitrogen and oxygen atoms in total. The van der Waals surface area contributed by atoms with Crippen LogP contribution in [0.4, 0.5) is 4.39 Å². The molecule has 0 bridgehead atoms. The maximum atomic E-state index is 13.9. The standard InChI is InChI=1S/C14H20FN3O2/c15-12-6-9(14(16)18-20)4-5-10(12)7-17-13-3-1-2-11(13)8-19/h4-6,11,13,17,19-20H,1-3,7-8H2,(H2,16,18). The van der Waals surface area contributed by atoms with Crippen molar-refractivity contribution in [3.63, 3.8) is 0 Å². The molecule has 6 heteroatoms. The predicted octanol–water partition coefficient (Wildman–Crippen LogP) is 1.17. The highest BCUT2D eigenvalue weighted by molar-refractivity contribution is 5.97. The van der Waals surface area contributed by atoms with Gasteiger partial charge in [0.15, 0.2) is 5.84 Å². The van der Waals surface area contributed by atoms with Gasteiger partial charge in [0, 0.05) is 30.3 Å². The molecule has 0 heterocycles. The van der Waals surface area contributed by atoms with Crippen LogP contribution < -0.4 is 11.1 Å². The number of aliphatic hydroxyl groups excluding tert-OH is 1.